The van der Waals surface area contributed by atoms with Gasteiger partial charge >= 0.3 is 0 Å². The van der Waals surface area contributed by atoms with Crippen molar-refractivity contribution < 1.29 is 4.74 Å². The molecule has 0 aromatic heterocycles. The van der Waals surface area contributed by atoms with E-state index in [1.165, 1.54) is 6.21 Å². The SMILES string of the molecule is CN(C)C1=C(c2cccc(Oc3cc(Cl)cc(Cl)c3)c2)C=C1Nc1ccc(N)c(C=N)c1. The van der Waals surface area contributed by atoms with Crippen LogP contribution in [0.4, 0.5) is 11.4 Å². The zero-order chi connectivity index (χ0) is 22.8. The van der Waals surface area contributed by atoms with Crippen LogP contribution in [0.2, 0.25) is 10.0 Å². The lowest BCUT2D eigenvalue weighted by Gasteiger charge is -2.31. The van der Waals surface area contributed by atoms with Crippen LogP contribution in [0.15, 0.2) is 78.1 Å². The summed E-state index contributed by atoms with van der Waals surface area (Å²) in [6, 6.07) is 18.5. The summed E-state index contributed by atoms with van der Waals surface area (Å²) in [5.41, 5.74) is 12.2. The van der Waals surface area contributed by atoms with Crippen LogP contribution in [-0.4, -0.2) is 25.2 Å². The van der Waals surface area contributed by atoms with E-state index < -0.39 is 0 Å². The number of nitrogens with one attached hydrogen (secondary N) is 2. The van der Waals surface area contributed by atoms with E-state index in [0.29, 0.717) is 32.8 Å². The molecule has 0 atom stereocenters. The summed E-state index contributed by atoms with van der Waals surface area (Å²) in [5, 5.41) is 12.0. The third kappa shape index (κ3) is 4.59. The smallest absolute Gasteiger partial charge is 0.130 e. The summed E-state index contributed by atoms with van der Waals surface area (Å²) in [6.07, 6.45) is 3.34. The topological polar surface area (TPSA) is 74.4 Å². The van der Waals surface area contributed by atoms with Crippen LogP contribution in [0.1, 0.15) is 11.1 Å². The summed E-state index contributed by atoms with van der Waals surface area (Å²) in [6.45, 7) is 0. The number of hydrogen-bond donors (Lipinski definition) is 3. The normalized spacial score (nSPS) is 12.7. The molecule has 0 saturated carbocycles. The standard InChI is InChI=1S/C25H22Cl2N4O/c1-31(2)25-22(13-24(25)30-19-6-7-23(29)16(8-19)14-28)15-4-3-5-20(9-15)32-21-11-17(26)10-18(27)12-21/h3-14,28,30H,29H2,1-2H3. The second kappa shape index (κ2) is 8.99. The number of nitrogens with zero attached hydrogens (tertiary/aromatic N) is 1. The zero-order valence-electron chi connectivity index (χ0n) is 17.6. The molecule has 0 radical (unpaired) electrons. The number of rotatable bonds is 7. The molecule has 4 rings (SSSR count). The molecule has 32 heavy (non-hydrogen) atoms. The van der Waals surface area contributed by atoms with Crippen LogP contribution in [0, 0.1) is 5.41 Å². The maximum absolute atomic E-state index is 7.51. The summed E-state index contributed by atoms with van der Waals surface area (Å²) in [5.74, 6) is 1.27. The number of halogens is 2. The average molecular weight is 465 g/mol. The largest absolute Gasteiger partial charge is 0.457 e. The minimum absolute atomic E-state index is 0.521. The molecule has 0 spiro atoms. The van der Waals surface area contributed by atoms with Gasteiger partial charge in [0.1, 0.15) is 11.5 Å². The summed E-state index contributed by atoms with van der Waals surface area (Å²) in [7, 11) is 4.01. The molecule has 0 saturated heterocycles. The maximum atomic E-state index is 7.51. The quantitative estimate of drug-likeness (QED) is 0.270. The predicted octanol–water partition coefficient (Wildman–Crippen LogP) is 6.65. The molecular weight excluding hydrogens is 443 g/mol. The van der Waals surface area contributed by atoms with Crippen molar-refractivity contribution in [2.45, 2.75) is 0 Å². The minimum atomic E-state index is 0.521. The van der Waals surface area contributed by atoms with E-state index in [1.54, 1.807) is 24.3 Å². The van der Waals surface area contributed by atoms with Gasteiger partial charge in [-0.3, -0.25) is 0 Å². The van der Waals surface area contributed by atoms with E-state index in [2.05, 4.69) is 16.3 Å². The van der Waals surface area contributed by atoms with E-state index >= 15 is 0 Å². The number of likely N-dealkylation sites (N-methyl/N-ethyl adjacent to an activating group) is 1. The molecule has 3 aromatic carbocycles. The van der Waals surface area contributed by atoms with Crippen LogP contribution in [0.3, 0.4) is 0 Å². The van der Waals surface area contributed by atoms with Gasteiger partial charge in [0.15, 0.2) is 0 Å². The maximum Gasteiger partial charge on any atom is 0.130 e. The molecule has 1 aliphatic rings. The Hall–Kier alpha value is -3.41. The van der Waals surface area contributed by atoms with Crippen molar-refractivity contribution >= 4 is 46.4 Å². The molecule has 7 heteroatoms. The van der Waals surface area contributed by atoms with E-state index in [1.807, 2.05) is 50.5 Å². The molecule has 1 aliphatic carbocycles. The van der Waals surface area contributed by atoms with Crippen molar-refractivity contribution in [1.82, 2.24) is 4.90 Å². The fourth-order valence-electron chi connectivity index (χ4n) is 3.53. The van der Waals surface area contributed by atoms with Gasteiger partial charge in [0.05, 0.1) is 11.4 Å². The fraction of sp³-hybridized carbons (Fsp3) is 0.0800. The van der Waals surface area contributed by atoms with Crippen molar-refractivity contribution in [2.24, 2.45) is 0 Å². The Labute approximate surface area is 197 Å². The molecule has 0 fully saturated rings. The molecule has 3 aromatic rings. The molecule has 5 nitrogen and oxygen atoms in total. The number of nitrogens with two attached hydrogens (primary N) is 1. The van der Waals surface area contributed by atoms with Gasteiger partial charge < -0.3 is 26.1 Å². The minimum Gasteiger partial charge on any atom is -0.457 e. The number of ether oxygens (including phenoxy) is 1. The van der Waals surface area contributed by atoms with Crippen molar-refractivity contribution in [3.63, 3.8) is 0 Å². The van der Waals surface area contributed by atoms with Crippen LogP contribution >= 0.6 is 23.2 Å². The highest BCUT2D eigenvalue weighted by Gasteiger charge is 2.24. The van der Waals surface area contributed by atoms with Gasteiger partial charge in [0.2, 0.25) is 0 Å². The molecule has 0 aliphatic heterocycles. The fourth-order valence-corrected chi connectivity index (χ4v) is 4.04. The van der Waals surface area contributed by atoms with E-state index in [0.717, 1.165) is 28.2 Å². The van der Waals surface area contributed by atoms with Gasteiger partial charge in [-0.2, -0.15) is 0 Å². The van der Waals surface area contributed by atoms with Gasteiger partial charge in [-0.05, 0) is 60.2 Å². The van der Waals surface area contributed by atoms with Gasteiger partial charge in [-0.15, -0.1) is 0 Å². The number of anilines is 2. The van der Waals surface area contributed by atoms with Crippen LogP contribution in [0.25, 0.3) is 5.57 Å². The monoisotopic (exact) mass is 464 g/mol. The Balaban J connectivity index is 1.58. The van der Waals surface area contributed by atoms with E-state index in [-0.39, 0.29) is 0 Å². The lowest BCUT2D eigenvalue weighted by molar-refractivity contribution is 0.482. The lowest BCUT2D eigenvalue weighted by atomic mass is 9.92. The lowest BCUT2D eigenvalue weighted by Crippen LogP contribution is -2.24. The summed E-state index contributed by atoms with van der Waals surface area (Å²) in [4.78, 5) is 2.07. The van der Waals surface area contributed by atoms with Crippen molar-refractivity contribution in [3.8, 4) is 11.5 Å². The van der Waals surface area contributed by atoms with Crippen LogP contribution in [-0.2, 0) is 0 Å². The van der Waals surface area contributed by atoms with E-state index in [4.69, 9.17) is 39.1 Å². The molecule has 0 heterocycles. The first-order chi connectivity index (χ1) is 15.3. The predicted molar refractivity (Wildman–Crippen MR) is 134 cm³/mol. The number of hydrogen-bond acceptors (Lipinski definition) is 5. The average Bonchev–Trinajstić information content (AvgIpc) is 2.70. The highest BCUT2D eigenvalue weighted by atomic mass is 35.5. The Bertz CT molecular complexity index is 1240. The highest BCUT2D eigenvalue weighted by Crippen LogP contribution is 2.38. The van der Waals surface area contributed by atoms with Crippen molar-refractivity contribution in [3.05, 3.63) is 99.3 Å². The Morgan fingerprint density at radius 3 is 2.41 bits per heavy atom. The highest BCUT2D eigenvalue weighted by molar-refractivity contribution is 6.34. The first-order valence-electron chi connectivity index (χ1n) is 9.89. The molecule has 0 bridgehead atoms. The Morgan fingerprint density at radius 2 is 1.72 bits per heavy atom. The van der Waals surface area contributed by atoms with Crippen LogP contribution in [0.5, 0.6) is 11.5 Å². The second-order valence-corrected chi connectivity index (χ2v) is 8.44. The first kappa shape index (κ1) is 21.8. The molecule has 162 valence electrons. The van der Waals surface area contributed by atoms with Crippen LogP contribution < -0.4 is 15.8 Å². The summed E-state index contributed by atoms with van der Waals surface area (Å²) < 4.78 is 5.98. The third-order valence-electron chi connectivity index (χ3n) is 4.98. The van der Waals surface area contributed by atoms with Crippen molar-refractivity contribution in [2.75, 3.05) is 25.1 Å². The van der Waals surface area contributed by atoms with Gasteiger partial charge in [-0.1, -0.05) is 35.3 Å². The molecule has 0 unspecified atom stereocenters. The zero-order valence-corrected chi connectivity index (χ0v) is 19.1. The molecular formula is C25H22Cl2N4O. The number of allylic oxidation sites excluding steroid dienone is 2. The van der Waals surface area contributed by atoms with Gasteiger partial charge in [-0.25, -0.2) is 0 Å². The Morgan fingerprint density at radius 1 is 0.969 bits per heavy atom. The van der Waals surface area contributed by atoms with Gasteiger partial charge in [0.25, 0.3) is 0 Å². The summed E-state index contributed by atoms with van der Waals surface area (Å²) >= 11 is 12.2. The third-order valence-corrected chi connectivity index (χ3v) is 5.42. The number of benzene rings is 3. The number of nitrogen functional groups attached to an aromatic ring is 1. The first-order valence-corrected chi connectivity index (χ1v) is 10.6. The second-order valence-electron chi connectivity index (χ2n) is 7.56. The van der Waals surface area contributed by atoms with Crippen molar-refractivity contribution in [1.29, 1.82) is 5.41 Å². The molecule has 0 amide bonds. The Kier molecular flexibility index (Phi) is 6.12. The van der Waals surface area contributed by atoms with E-state index in [9.17, 15) is 0 Å². The molecule has 4 N–H and O–H groups in total. The van der Waals surface area contributed by atoms with Gasteiger partial charge in [0, 0.05) is 52.9 Å².